The molecule has 2 N–H and O–H groups in total. The van der Waals surface area contributed by atoms with Gasteiger partial charge in [0.15, 0.2) is 0 Å². The number of amides is 1. The first-order valence-corrected chi connectivity index (χ1v) is 9.63. The Morgan fingerprint density at radius 2 is 1.62 bits per heavy atom. The van der Waals surface area contributed by atoms with Crippen molar-refractivity contribution in [2.45, 2.75) is 13.0 Å². The fraction of sp³-hybridized carbons (Fsp3) is 0.208. The van der Waals surface area contributed by atoms with E-state index in [0.29, 0.717) is 13.2 Å². The predicted molar refractivity (Wildman–Crippen MR) is 115 cm³/mol. The van der Waals surface area contributed by atoms with Crippen molar-refractivity contribution in [1.29, 1.82) is 0 Å². The predicted octanol–water partition coefficient (Wildman–Crippen LogP) is 4.05. The summed E-state index contributed by atoms with van der Waals surface area (Å²) in [5.74, 6) is 1.54. The molecule has 3 aromatic carbocycles. The summed E-state index contributed by atoms with van der Waals surface area (Å²) < 4.78 is 11.0. The number of ether oxygens (including phenoxy) is 2. The number of benzene rings is 3. The Morgan fingerprint density at radius 1 is 0.862 bits per heavy atom. The van der Waals surface area contributed by atoms with Gasteiger partial charge in [-0.3, -0.25) is 4.79 Å². The number of methoxy groups -OCH3 is 1. The van der Waals surface area contributed by atoms with E-state index < -0.39 is 0 Å². The normalized spacial score (nSPS) is 10.4. The van der Waals surface area contributed by atoms with E-state index in [4.69, 9.17) is 9.47 Å². The lowest BCUT2D eigenvalue weighted by molar-refractivity contribution is -0.115. The number of anilines is 1. The van der Waals surface area contributed by atoms with E-state index in [0.717, 1.165) is 29.2 Å². The molecule has 29 heavy (non-hydrogen) atoms. The van der Waals surface area contributed by atoms with Gasteiger partial charge >= 0.3 is 0 Å². The molecule has 0 aliphatic heterocycles. The lowest BCUT2D eigenvalue weighted by atomic mass is 10.1. The Hall–Kier alpha value is -3.31. The highest BCUT2D eigenvalue weighted by atomic mass is 16.5. The van der Waals surface area contributed by atoms with Gasteiger partial charge in [-0.05, 0) is 60.5 Å². The van der Waals surface area contributed by atoms with E-state index in [1.54, 1.807) is 7.11 Å². The maximum absolute atomic E-state index is 12.1. The largest absolute Gasteiger partial charge is 0.497 e. The van der Waals surface area contributed by atoms with Crippen LogP contribution in [0.5, 0.6) is 11.5 Å². The zero-order valence-corrected chi connectivity index (χ0v) is 16.6. The molecule has 0 atom stereocenters. The average Bonchev–Trinajstić information content (AvgIpc) is 2.77. The van der Waals surface area contributed by atoms with Crippen molar-refractivity contribution >= 4 is 11.6 Å². The first-order chi connectivity index (χ1) is 14.2. The molecule has 5 nitrogen and oxygen atoms in total. The van der Waals surface area contributed by atoms with E-state index >= 15 is 0 Å². The third-order valence-corrected chi connectivity index (χ3v) is 4.40. The second-order valence-corrected chi connectivity index (χ2v) is 6.63. The van der Waals surface area contributed by atoms with Crippen LogP contribution in [0.1, 0.15) is 11.1 Å². The maximum Gasteiger partial charge on any atom is 0.238 e. The molecule has 0 unspecified atom stereocenters. The van der Waals surface area contributed by atoms with E-state index in [9.17, 15) is 4.79 Å². The zero-order valence-electron chi connectivity index (χ0n) is 16.6. The van der Waals surface area contributed by atoms with Crippen LogP contribution in [0.3, 0.4) is 0 Å². The van der Waals surface area contributed by atoms with E-state index in [-0.39, 0.29) is 12.5 Å². The van der Waals surface area contributed by atoms with Crippen molar-refractivity contribution in [3.8, 4) is 11.5 Å². The van der Waals surface area contributed by atoms with Gasteiger partial charge in [0, 0.05) is 5.69 Å². The monoisotopic (exact) mass is 390 g/mol. The fourth-order valence-electron chi connectivity index (χ4n) is 2.84. The van der Waals surface area contributed by atoms with Gasteiger partial charge in [0.05, 0.1) is 13.7 Å². The first-order valence-electron chi connectivity index (χ1n) is 9.63. The number of hydrogen-bond donors (Lipinski definition) is 2. The minimum Gasteiger partial charge on any atom is -0.497 e. The summed E-state index contributed by atoms with van der Waals surface area (Å²) in [5, 5.41) is 6.05. The zero-order chi connectivity index (χ0) is 20.3. The van der Waals surface area contributed by atoms with Gasteiger partial charge in [0.1, 0.15) is 18.1 Å². The number of hydrogen-bond acceptors (Lipinski definition) is 4. The van der Waals surface area contributed by atoms with Gasteiger partial charge in [-0.25, -0.2) is 0 Å². The van der Waals surface area contributed by atoms with Crippen molar-refractivity contribution < 1.29 is 14.3 Å². The van der Waals surface area contributed by atoms with Crippen LogP contribution in [-0.2, 0) is 17.8 Å². The van der Waals surface area contributed by atoms with Gasteiger partial charge < -0.3 is 20.1 Å². The minimum atomic E-state index is -0.0754. The fourth-order valence-corrected chi connectivity index (χ4v) is 2.84. The van der Waals surface area contributed by atoms with Crippen molar-refractivity contribution in [3.05, 3.63) is 90.0 Å². The Kier molecular flexibility index (Phi) is 7.66. The van der Waals surface area contributed by atoms with Gasteiger partial charge in [-0.2, -0.15) is 0 Å². The molecule has 0 radical (unpaired) electrons. The van der Waals surface area contributed by atoms with Crippen LogP contribution >= 0.6 is 0 Å². The Bertz CT molecular complexity index is 896. The summed E-state index contributed by atoms with van der Waals surface area (Å²) in [7, 11) is 1.66. The molecule has 0 aliphatic carbocycles. The smallest absolute Gasteiger partial charge is 0.238 e. The molecule has 150 valence electrons. The van der Waals surface area contributed by atoms with E-state index in [1.165, 1.54) is 5.56 Å². The summed E-state index contributed by atoms with van der Waals surface area (Å²) in [4.78, 5) is 12.1. The second-order valence-electron chi connectivity index (χ2n) is 6.63. The quantitative estimate of drug-likeness (QED) is 0.513. The summed E-state index contributed by atoms with van der Waals surface area (Å²) in [6.07, 6.45) is 0.831. The Morgan fingerprint density at radius 3 is 2.38 bits per heavy atom. The molecular formula is C24H26N2O3. The number of carbonyl (C=O) groups excluding carboxylic acids is 1. The van der Waals surface area contributed by atoms with Crippen LogP contribution in [0.4, 0.5) is 5.69 Å². The highest BCUT2D eigenvalue weighted by Crippen LogP contribution is 2.17. The topological polar surface area (TPSA) is 59.6 Å². The van der Waals surface area contributed by atoms with Crippen molar-refractivity contribution in [2.75, 3.05) is 25.5 Å². The molecule has 3 aromatic rings. The van der Waals surface area contributed by atoms with Gasteiger partial charge in [-0.1, -0.05) is 42.5 Å². The molecule has 1 amide bonds. The molecule has 0 aromatic heterocycles. The van der Waals surface area contributed by atoms with Crippen LogP contribution in [0.25, 0.3) is 0 Å². The lowest BCUT2D eigenvalue weighted by Crippen LogP contribution is -2.29. The van der Waals surface area contributed by atoms with Gasteiger partial charge in [0.25, 0.3) is 0 Å². The molecule has 5 heteroatoms. The first kappa shape index (κ1) is 20.4. The minimum absolute atomic E-state index is 0.0754. The highest BCUT2D eigenvalue weighted by molar-refractivity contribution is 5.92. The van der Waals surface area contributed by atoms with E-state index in [1.807, 2.05) is 78.9 Å². The summed E-state index contributed by atoms with van der Waals surface area (Å²) in [6, 6.07) is 25.3. The lowest BCUT2D eigenvalue weighted by Gasteiger charge is -2.09. The molecule has 0 spiro atoms. The molecule has 3 rings (SSSR count). The van der Waals surface area contributed by atoms with Crippen LogP contribution in [0.15, 0.2) is 78.9 Å². The van der Waals surface area contributed by atoms with E-state index in [2.05, 4.69) is 10.6 Å². The third kappa shape index (κ3) is 6.97. The Balaban J connectivity index is 1.36. The SMILES string of the molecule is COc1cccc(CCNCC(=O)Nc2ccc(OCc3ccccc3)cc2)c1. The number of carbonyl (C=O) groups is 1. The molecule has 0 bridgehead atoms. The summed E-state index contributed by atoms with van der Waals surface area (Å²) >= 11 is 0. The van der Waals surface area contributed by atoms with Crippen molar-refractivity contribution in [1.82, 2.24) is 5.32 Å². The molecule has 0 saturated carbocycles. The maximum atomic E-state index is 12.1. The van der Waals surface area contributed by atoms with Crippen LogP contribution < -0.4 is 20.1 Å². The molecule has 0 fully saturated rings. The number of rotatable bonds is 10. The molecule has 0 aliphatic rings. The molecular weight excluding hydrogens is 364 g/mol. The highest BCUT2D eigenvalue weighted by Gasteiger charge is 2.03. The second kappa shape index (κ2) is 10.9. The third-order valence-electron chi connectivity index (χ3n) is 4.40. The molecule has 0 heterocycles. The van der Waals surface area contributed by atoms with Crippen molar-refractivity contribution in [3.63, 3.8) is 0 Å². The standard InChI is InChI=1S/C24H26N2O3/c1-28-23-9-5-8-19(16-23)14-15-25-17-24(27)26-21-10-12-22(13-11-21)29-18-20-6-3-2-4-7-20/h2-13,16,25H,14-15,17-18H2,1H3,(H,26,27). The van der Waals surface area contributed by atoms with Gasteiger partial charge in [0.2, 0.25) is 5.91 Å². The summed E-state index contributed by atoms with van der Waals surface area (Å²) in [5.41, 5.74) is 3.03. The molecule has 0 saturated heterocycles. The Labute approximate surface area is 171 Å². The van der Waals surface area contributed by atoms with Crippen molar-refractivity contribution in [2.24, 2.45) is 0 Å². The summed E-state index contributed by atoms with van der Waals surface area (Å²) in [6.45, 7) is 1.49. The van der Waals surface area contributed by atoms with Crippen LogP contribution in [0, 0.1) is 0 Å². The van der Waals surface area contributed by atoms with Crippen LogP contribution in [0.2, 0.25) is 0 Å². The van der Waals surface area contributed by atoms with Gasteiger partial charge in [-0.15, -0.1) is 0 Å². The average molecular weight is 390 g/mol. The van der Waals surface area contributed by atoms with Crippen LogP contribution in [-0.4, -0.2) is 26.1 Å². The number of nitrogens with one attached hydrogen (secondary N) is 2.